The molecule has 1 aromatic carbocycles. The summed E-state index contributed by atoms with van der Waals surface area (Å²) >= 11 is 9.44. The van der Waals surface area contributed by atoms with E-state index in [0.717, 1.165) is 28.6 Å². The molecule has 3 rings (SSSR count). The number of anilines is 1. The predicted octanol–water partition coefficient (Wildman–Crippen LogP) is 4.40. The third-order valence-electron chi connectivity index (χ3n) is 3.70. The number of para-hydroxylation sites is 1. The zero-order chi connectivity index (χ0) is 15.0. The highest BCUT2D eigenvalue weighted by Crippen LogP contribution is 2.32. The molecule has 0 atom stereocenters. The fourth-order valence-electron chi connectivity index (χ4n) is 2.77. The predicted molar refractivity (Wildman–Crippen MR) is 88.1 cm³/mol. The van der Waals surface area contributed by atoms with Crippen molar-refractivity contribution in [1.82, 2.24) is 4.98 Å². The summed E-state index contributed by atoms with van der Waals surface area (Å²) in [5.41, 5.74) is 3.78. The molecule has 2 heterocycles. The maximum atomic E-state index is 12.9. The summed E-state index contributed by atoms with van der Waals surface area (Å²) in [6, 6.07) is 7.88. The average molecular weight is 366 g/mol. The Morgan fingerprint density at radius 1 is 1.43 bits per heavy atom. The van der Waals surface area contributed by atoms with Crippen molar-refractivity contribution in [3.8, 4) is 0 Å². The lowest BCUT2D eigenvalue weighted by Gasteiger charge is -2.31. The Bertz CT molecular complexity index is 717. The Hall–Kier alpha value is -1.39. The third kappa shape index (κ3) is 2.70. The molecule has 0 fully saturated rings. The number of pyridine rings is 1. The van der Waals surface area contributed by atoms with Crippen LogP contribution in [0.3, 0.4) is 0 Å². The van der Waals surface area contributed by atoms with Crippen LogP contribution in [-0.2, 0) is 6.42 Å². The highest BCUT2D eigenvalue weighted by molar-refractivity contribution is 9.10. The Morgan fingerprint density at radius 2 is 2.24 bits per heavy atom. The molecule has 108 valence electrons. The molecule has 1 aliphatic heterocycles. The summed E-state index contributed by atoms with van der Waals surface area (Å²) < 4.78 is 0.747. The molecular weight excluding hydrogens is 352 g/mol. The van der Waals surface area contributed by atoms with Crippen LogP contribution in [-0.4, -0.2) is 17.4 Å². The lowest BCUT2D eigenvalue weighted by atomic mass is 9.97. The van der Waals surface area contributed by atoms with Gasteiger partial charge in [0.15, 0.2) is 0 Å². The van der Waals surface area contributed by atoms with Crippen LogP contribution >= 0.6 is 27.5 Å². The smallest absolute Gasteiger partial charge is 0.261 e. The number of aryl methyl sites for hydroxylation is 2. The Labute approximate surface area is 137 Å². The molecule has 0 saturated carbocycles. The molecule has 3 nitrogen and oxygen atoms in total. The minimum atomic E-state index is -0.0935. The Kier molecular flexibility index (Phi) is 4.00. The first-order valence-corrected chi connectivity index (χ1v) is 7.96. The summed E-state index contributed by atoms with van der Waals surface area (Å²) in [6.07, 6.45) is 3.56. The van der Waals surface area contributed by atoms with Crippen molar-refractivity contribution in [3.05, 3.63) is 56.8 Å². The molecule has 1 aliphatic rings. The summed E-state index contributed by atoms with van der Waals surface area (Å²) in [6.45, 7) is 2.74. The van der Waals surface area contributed by atoms with Gasteiger partial charge in [-0.15, -0.1) is 0 Å². The summed E-state index contributed by atoms with van der Waals surface area (Å²) in [7, 11) is 0. The van der Waals surface area contributed by atoms with Gasteiger partial charge < -0.3 is 4.90 Å². The van der Waals surface area contributed by atoms with Gasteiger partial charge in [0.05, 0.1) is 11.3 Å². The van der Waals surface area contributed by atoms with E-state index in [1.54, 1.807) is 12.3 Å². The van der Waals surface area contributed by atoms with Gasteiger partial charge in [-0.1, -0.05) is 29.8 Å². The van der Waals surface area contributed by atoms with E-state index in [9.17, 15) is 4.79 Å². The van der Waals surface area contributed by atoms with Crippen molar-refractivity contribution in [2.45, 2.75) is 19.8 Å². The van der Waals surface area contributed by atoms with Gasteiger partial charge in [-0.25, -0.2) is 4.98 Å². The van der Waals surface area contributed by atoms with E-state index < -0.39 is 0 Å². The Morgan fingerprint density at radius 3 is 3.05 bits per heavy atom. The number of rotatable bonds is 1. The maximum Gasteiger partial charge on any atom is 0.261 e. The lowest BCUT2D eigenvalue weighted by molar-refractivity contribution is 0.0984. The van der Waals surface area contributed by atoms with Crippen LogP contribution in [0.25, 0.3) is 0 Å². The van der Waals surface area contributed by atoms with E-state index in [2.05, 4.69) is 27.0 Å². The van der Waals surface area contributed by atoms with Gasteiger partial charge in [0.25, 0.3) is 5.91 Å². The lowest BCUT2D eigenvalue weighted by Crippen LogP contribution is -2.36. The standard InChI is InChI=1S/C16H14BrClN2O/c1-10-4-2-5-11-6-3-7-20(14(10)11)16(21)13-8-12(17)9-19-15(13)18/h2,4-5,8-9H,3,6-7H2,1H3. The van der Waals surface area contributed by atoms with Crippen LogP contribution in [0.2, 0.25) is 5.15 Å². The van der Waals surface area contributed by atoms with Crippen molar-refractivity contribution >= 4 is 39.1 Å². The third-order valence-corrected chi connectivity index (χ3v) is 4.44. The fourth-order valence-corrected chi connectivity index (χ4v) is 3.28. The van der Waals surface area contributed by atoms with Gasteiger partial charge in [0.1, 0.15) is 5.15 Å². The van der Waals surface area contributed by atoms with Crippen LogP contribution < -0.4 is 4.90 Å². The monoisotopic (exact) mass is 364 g/mol. The van der Waals surface area contributed by atoms with Crippen molar-refractivity contribution < 1.29 is 4.79 Å². The number of fused-ring (bicyclic) bond motifs is 1. The number of hydrogen-bond donors (Lipinski definition) is 0. The molecule has 0 radical (unpaired) electrons. The van der Waals surface area contributed by atoms with E-state index in [-0.39, 0.29) is 11.1 Å². The van der Waals surface area contributed by atoms with Crippen molar-refractivity contribution in [2.24, 2.45) is 0 Å². The molecule has 21 heavy (non-hydrogen) atoms. The van der Waals surface area contributed by atoms with Gasteiger partial charge in [-0.05, 0) is 52.9 Å². The van der Waals surface area contributed by atoms with Crippen LogP contribution in [0.1, 0.15) is 27.9 Å². The summed E-state index contributed by atoms with van der Waals surface area (Å²) in [5.74, 6) is -0.0935. The second-order valence-corrected chi connectivity index (χ2v) is 6.41. The van der Waals surface area contributed by atoms with Crippen LogP contribution in [0.5, 0.6) is 0 Å². The number of amides is 1. The quantitative estimate of drug-likeness (QED) is 0.702. The largest absolute Gasteiger partial charge is 0.308 e. The molecule has 5 heteroatoms. The number of halogens is 2. The minimum absolute atomic E-state index is 0.0935. The molecule has 0 aliphatic carbocycles. The highest BCUT2D eigenvalue weighted by Gasteiger charge is 2.26. The maximum absolute atomic E-state index is 12.9. The minimum Gasteiger partial charge on any atom is -0.308 e. The highest BCUT2D eigenvalue weighted by atomic mass is 79.9. The zero-order valence-electron chi connectivity index (χ0n) is 11.6. The molecule has 0 saturated heterocycles. The molecule has 1 amide bonds. The first-order valence-electron chi connectivity index (χ1n) is 6.79. The molecule has 0 spiro atoms. The van der Waals surface area contributed by atoms with E-state index >= 15 is 0 Å². The molecular formula is C16H14BrClN2O. The van der Waals surface area contributed by atoms with E-state index in [1.165, 1.54) is 5.56 Å². The van der Waals surface area contributed by atoms with Crippen LogP contribution in [0.4, 0.5) is 5.69 Å². The second kappa shape index (κ2) is 5.78. The average Bonchev–Trinajstić information content (AvgIpc) is 2.49. The van der Waals surface area contributed by atoms with Gasteiger partial charge >= 0.3 is 0 Å². The van der Waals surface area contributed by atoms with Gasteiger partial charge in [-0.2, -0.15) is 0 Å². The van der Waals surface area contributed by atoms with E-state index in [1.807, 2.05) is 24.0 Å². The number of carbonyl (C=O) groups excluding carboxylic acids is 1. The van der Waals surface area contributed by atoms with E-state index in [4.69, 9.17) is 11.6 Å². The number of hydrogen-bond acceptors (Lipinski definition) is 2. The molecule has 0 unspecified atom stereocenters. The summed E-state index contributed by atoms with van der Waals surface area (Å²) in [5, 5.41) is 0.240. The van der Waals surface area contributed by atoms with Gasteiger partial charge in [-0.3, -0.25) is 4.79 Å². The molecule has 2 aromatic rings. The van der Waals surface area contributed by atoms with E-state index in [0.29, 0.717) is 12.1 Å². The second-order valence-electron chi connectivity index (χ2n) is 5.13. The summed E-state index contributed by atoms with van der Waals surface area (Å²) in [4.78, 5) is 18.7. The number of carbonyl (C=O) groups is 1. The molecule has 0 bridgehead atoms. The van der Waals surface area contributed by atoms with Crippen molar-refractivity contribution in [3.63, 3.8) is 0 Å². The van der Waals surface area contributed by atoms with Crippen molar-refractivity contribution in [2.75, 3.05) is 11.4 Å². The number of aromatic nitrogens is 1. The zero-order valence-corrected chi connectivity index (χ0v) is 13.9. The Balaban J connectivity index is 2.06. The topological polar surface area (TPSA) is 33.2 Å². The van der Waals surface area contributed by atoms with Crippen LogP contribution in [0.15, 0.2) is 34.9 Å². The van der Waals surface area contributed by atoms with Gasteiger partial charge in [0, 0.05) is 17.2 Å². The first-order chi connectivity index (χ1) is 10.1. The number of nitrogens with zero attached hydrogens (tertiary/aromatic N) is 2. The first kappa shape index (κ1) is 14.5. The number of benzene rings is 1. The SMILES string of the molecule is Cc1cccc2c1N(C(=O)c1cc(Br)cnc1Cl)CCC2. The normalized spacial score (nSPS) is 14.0. The molecule has 0 N–H and O–H groups in total. The molecule has 1 aromatic heterocycles. The van der Waals surface area contributed by atoms with Crippen molar-refractivity contribution in [1.29, 1.82) is 0 Å². The van der Waals surface area contributed by atoms with Crippen LogP contribution in [0, 0.1) is 6.92 Å². The van der Waals surface area contributed by atoms with Gasteiger partial charge in [0.2, 0.25) is 0 Å². The fraction of sp³-hybridized carbons (Fsp3) is 0.250.